The van der Waals surface area contributed by atoms with E-state index in [1.165, 1.54) is 0 Å². The lowest BCUT2D eigenvalue weighted by molar-refractivity contribution is -0.271. The number of aliphatic hydroxyl groups excluding tert-OH is 3. The second-order valence-electron chi connectivity index (χ2n) is 4.73. The van der Waals surface area contributed by atoms with Gasteiger partial charge in [-0.15, -0.1) is 0 Å². The summed E-state index contributed by atoms with van der Waals surface area (Å²) in [5, 5.41) is 48.8. The molecular formula is C11H17NO9. The Morgan fingerprint density at radius 3 is 2.48 bits per heavy atom. The first-order valence-corrected chi connectivity index (χ1v) is 6.02. The predicted octanol–water partition coefficient (Wildman–Crippen LogP) is -3.66. The number of ether oxygens (including phenoxy) is 1. The number of nitrogens with one attached hydrogen (secondary N) is 1. The van der Waals surface area contributed by atoms with Crippen LogP contribution in [0.2, 0.25) is 0 Å². The van der Waals surface area contributed by atoms with Crippen molar-refractivity contribution in [2.75, 3.05) is 6.61 Å². The molecule has 6 N–H and O–H groups in total. The second kappa shape index (κ2) is 6.45. The smallest absolute Gasteiger partial charge is 0.364 e. The molecule has 0 bridgehead atoms. The van der Waals surface area contributed by atoms with E-state index in [0.29, 0.717) is 0 Å². The Bertz CT molecular complexity index is 439. The van der Waals surface area contributed by atoms with Crippen LogP contribution >= 0.6 is 0 Å². The van der Waals surface area contributed by atoms with Gasteiger partial charge in [0.2, 0.25) is 5.91 Å². The van der Waals surface area contributed by atoms with E-state index < -0.39 is 60.8 Å². The highest BCUT2D eigenvalue weighted by molar-refractivity contribution is 5.94. The van der Waals surface area contributed by atoms with Gasteiger partial charge < -0.3 is 35.6 Å². The summed E-state index contributed by atoms with van der Waals surface area (Å²) in [5.74, 6) is -6.29. The van der Waals surface area contributed by atoms with Gasteiger partial charge in [0.25, 0.3) is 5.79 Å². The Hall–Kier alpha value is -1.59. The average molecular weight is 307 g/mol. The topological polar surface area (TPSA) is 174 Å². The molecule has 1 aliphatic rings. The number of hydrogen-bond donors (Lipinski definition) is 6. The fourth-order valence-electron chi connectivity index (χ4n) is 1.97. The van der Waals surface area contributed by atoms with Crippen LogP contribution in [0.15, 0.2) is 0 Å². The zero-order valence-electron chi connectivity index (χ0n) is 11.1. The van der Waals surface area contributed by atoms with E-state index in [4.69, 9.17) is 14.9 Å². The highest BCUT2D eigenvalue weighted by atomic mass is 16.7. The average Bonchev–Trinajstić information content (AvgIpc) is 2.39. The number of aliphatic carboxylic acids is 1. The molecular weight excluding hydrogens is 290 g/mol. The van der Waals surface area contributed by atoms with E-state index in [1.807, 2.05) is 0 Å². The number of carbonyl (C=O) groups is 3. The summed E-state index contributed by atoms with van der Waals surface area (Å²) >= 11 is 0. The molecule has 0 radical (unpaired) electrons. The van der Waals surface area contributed by atoms with Crippen LogP contribution in [-0.4, -0.2) is 79.9 Å². The fourth-order valence-corrected chi connectivity index (χ4v) is 1.97. The van der Waals surface area contributed by atoms with Gasteiger partial charge >= 0.3 is 5.97 Å². The first-order chi connectivity index (χ1) is 9.62. The van der Waals surface area contributed by atoms with E-state index in [9.17, 15) is 29.7 Å². The van der Waals surface area contributed by atoms with Gasteiger partial charge in [-0.3, -0.25) is 9.59 Å². The Balaban J connectivity index is 3.10. The number of amides is 1. The van der Waals surface area contributed by atoms with Crippen molar-refractivity contribution in [1.82, 2.24) is 5.32 Å². The first kappa shape index (κ1) is 17.5. The Labute approximate surface area is 119 Å². The highest BCUT2D eigenvalue weighted by Crippen LogP contribution is 2.28. The molecule has 1 rings (SSSR count). The number of ketones is 1. The molecule has 120 valence electrons. The third-order valence-electron chi connectivity index (χ3n) is 3.03. The van der Waals surface area contributed by atoms with E-state index in [2.05, 4.69) is 5.32 Å². The number of carbonyl (C=O) groups excluding carboxylic acids is 2. The second-order valence-corrected chi connectivity index (χ2v) is 4.73. The Kier molecular flexibility index (Phi) is 5.36. The predicted molar refractivity (Wildman–Crippen MR) is 63.8 cm³/mol. The lowest BCUT2D eigenvalue weighted by atomic mass is 9.90. The van der Waals surface area contributed by atoms with E-state index in [-0.39, 0.29) is 0 Å². The Morgan fingerprint density at radius 1 is 1.48 bits per heavy atom. The summed E-state index contributed by atoms with van der Waals surface area (Å²) in [6.45, 7) is 0.185. The zero-order chi connectivity index (χ0) is 16.4. The number of carboxylic acid groups (broad SMARTS) is 1. The molecule has 1 aliphatic heterocycles. The maximum Gasteiger partial charge on any atom is 0.364 e. The number of Topliss-reactive ketones (excluding diaryl/α,β-unsaturated/α-hetero) is 1. The molecule has 1 fully saturated rings. The molecule has 0 aromatic carbocycles. The van der Waals surface area contributed by atoms with Gasteiger partial charge in [0.15, 0.2) is 5.78 Å². The van der Waals surface area contributed by atoms with Gasteiger partial charge in [-0.1, -0.05) is 0 Å². The molecule has 21 heavy (non-hydrogen) atoms. The summed E-state index contributed by atoms with van der Waals surface area (Å²) in [6, 6.07) is -1.46. The van der Waals surface area contributed by atoms with E-state index >= 15 is 0 Å². The number of carboxylic acids is 1. The van der Waals surface area contributed by atoms with Crippen molar-refractivity contribution in [3.8, 4) is 0 Å². The molecule has 0 aliphatic carbocycles. The zero-order valence-corrected chi connectivity index (χ0v) is 11.1. The van der Waals surface area contributed by atoms with Crippen LogP contribution in [0.5, 0.6) is 0 Å². The standard InChI is InChI=1S/C11H17NO9/c1-4(14)12-7-5(15)2-11(20,10(18)19)21-9(7)8(17)6(16)3-13/h6-9,13,16-17,20H,2-3H2,1H3,(H,12,14)(H,18,19)/t6-,7-,8-,9-,11+/m1/s1. The van der Waals surface area contributed by atoms with Crippen LogP contribution in [0.4, 0.5) is 0 Å². The molecule has 1 saturated heterocycles. The van der Waals surface area contributed by atoms with Gasteiger partial charge in [-0.2, -0.15) is 0 Å². The lowest BCUT2D eigenvalue weighted by Crippen LogP contribution is -2.65. The quantitative estimate of drug-likeness (QED) is 0.299. The maximum atomic E-state index is 11.9. The molecule has 0 aromatic rings. The van der Waals surface area contributed by atoms with Crippen molar-refractivity contribution in [2.45, 2.75) is 43.5 Å². The van der Waals surface area contributed by atoms with Gasteiger partial charge in [0.05, 0.1) is 13.0 Å². The van der Waals surface area contributed by atoms with Crippen molar-refractivity contribution in [3.63, 3.8) is 0 Å². The minimum Gasteiger partial charge on any atom is -0.477 e. The number of rotatable bonds is 5. The summed E-state index contributed by atoms with van der Waals surface area (Å²) in [7, 11) is 0. The molecule has 0 unspecified atom stereocenters. The van der Waals surface area contributed by atoms with Crippen molar-refractivity contribution in [3.05, 3.63) is 0 Å². The lowest BCUT2D eigenvalue weighted by Gasteiger charge is -2.41. The van der Waals surface area contributed by atoms with E-state index in [0.717, 1.165) is 6.92 Å². The summed E-state index contributed by atoms with van der Waals surface area (Å²) in [4.78, 5) is 33.9. The van der Waals surface area contributed by atoms with Gasteiger partial charge in [-0.25, -0.2) is 4.79 Å². The molecule has 5 atom stereocenters. The minimum absolute atomic E-state index is 0.659. The number of aliphatic hydroxyl groups is 4. The third kappa shape index (κ3) is 3.74. The van der Waals surface area contributed by atoms with Crippen LogP contribution in [0, 0.1) is 0 Å². The SMILES string of the molecule is CC(=O)N[C@@H]1C(=O)C[C@@](O)(C(=O)O)O[C@H]1[C@H](O)[C@H](O)CO. The van der Waals surface area contributed by atoms with Gasteiger partial charge in [-0.05, 0) is 0 Å². The van der Waals surface area contributed by atoms with Gasteiger partial charge in [0, 0.05) is 6.92 Å². The summed E-state index contributed by atoms with van der Waals surface area (Å²) in [5.41, 5.74) is 0. The summed E-state index contributed by atoms with van der Waals surface area (Å²) < 4.78 is 4.80. The van der Waals surface area contributed by atoms with E-state index in [1.54, 1.807) is 0 Å². The maximum absolute atomic E-state index is 11.9. The third-order valence-corrected chi connectivity index (χ3v) is 3.03. The molecule has 1 amide bonds. The van der Waals surface area contributed by atoms with Crippen molar-refractivity contribution in [2.24, 2.45) is 0 Å². The molecule has 0 aromatic heterocycles. The normalized spacial score (nSPS) is 32.3. The van der Waals surface area contributed by atoms with Crippen molar-refractivity contribution < 1.29 is 44.7 Å². The van der Waals surface area contributed by atoms with Gasteiger partial charge in [0.1, 0.15) is 24.4 Å². The first-order valence-electron chi connectivity index (χ1n) is 6.02. The molecule has 0 saturated carbocycles. The molecule has 10 nitrogen and oxygen atoms in total. The van der Waals surface area contributed by atoms with Crippen LogP contribution in [0.3, 0.4) is 0 Å². The molecule has 10 heteroatoms. The highest BCUT2D eigenvalue weighted by Gasteiger charge is 2.53. The monoisotopic (exact) mass is 307 g/mol. The molecule has 0 spiro atoms. The largest absolute Gasteiger partial charge is 0.477 e. The minimum atomic E-state index is -2.88. The van der Waals surface area contributed by atoms with Crippen LogP contribution < -0.4 is 5.32 Å². The van der Waals surface area contributed by atoms with Crippen LogP contribution in [-0.2, 0) is 19.1 Å². The van der Waals surface area contributed by atoms with Crippen molar-refractivity contribution in [1.29, 1.82) is 0 Å². The fraction of sp³-hybridized carbons (Fsp3) is 0.727. The Morgan fingerprint density at radius 2 is 2.05 bits per heavy atom. The van der Waals surface area contributed by atoms with Crippen molar-refractivity contribution >= 4 is 17.7 Å². The van der Waals surface area contributed by atoms with Crippen LogP contribution in [0.25, 0.3) is 0 Å². The van der Waals surface area contributed by atoms with Crippen LogP contribution in [0.1, 0.15) is 13.3 Å². The summed E-state index contributed by atoms with van der Waals surface area (Å²) in [6.07, 6.45) is -6.33. The molecule has 1 heterocycles. The number of hydrogen-bond acceptors (Lipinski definition) is 8.